The van der Waals surface area contributed by atoms with Crippen LogP contribution in [0, 0.1) is 0 Å². The number of hydrogen-bond donors (Lipinski definition) is 1. The van der Waals surface area contributed by atoms with E-state index in [9.17, 15) is 9.59 Å². The molecule has 0 aliphatic carbocycles. The van der Waals surface area contributed by atoms with Crippen molar-refractivity contribution in [2.45, 2.75) is 25.8 Å². The van der Waals surface area contributed by atoms with Crippen LogP contribution in [0.2, 0.25) is 5.02 Å². The molecule has 5 nitrogen and oxygen atoms in total. The Labute approximate surface area is 197 Å². The molecule has 2 aromatic carbocycles. The van der Waals surface area contributed by atoms with Crippen LogP contribution in [-0.4, -0.2) is 42.5 Å². The zero-order chi connectivity index (χ0) is 22.5. The topological polar surface area (TPSA) is 58.6 Å². The third kappa shape index (κ3) is 5.31. The highest BCUT2D eigenvalue weighted by molar-refractivity contribution is 7.17. The zero-order valence-electron chi connectivity index (χ0n) is 17.8. The average molecular weight is 469 g/mol. The maximum Gasteiger partial charge on any atom is 0.261 e. The Kier molecular flexibility index (Phi) is 7.12. The number of piperidine rings is 1. The van der Waals surface area contributed by atoms with Gasteiger partial charge in [-0.1, -0.05) is 23.7 Å². The zero-order valence-corrected chi connectivity index (χ0v) is 19.4. The van der Waals surface area contributed by atoms with Gasteiger partial charge in [-0.05, 0) is 73.9 Å². The van der Waals surface area contributed by atoms with Crippen molar-refractivity contribution < 1.29 is 14.3 Å². The van der Waals surface area contributed by atoms with Crippen molar-refractivity contribution >= 4 is 34.8 Å². The number of likely N-dealkylation sites (tertiary alicyclic amines) is 1. The van der Waals surface area contributed by atoms with Crippen molar-refractivity contribution in [2.24, 2.45) is 0 Å². The SMILES string of the molecule is CCOc1ccc(C(=O)N2CCC(NC(=O)c3ccc(-c4ccc(Cl)cc4)s3)CC2)cc1. The van der Waals surface area contributed by atoms with Crippen molar-refractivity contribution in [2.75, 3.05) is 19.7 Å². The van der Waals surface area contributed by atoms with Gasteiger partial charge in [-0.25, -0.2) is 0 Å². The Balaban J connectivity index is 1.29. The first-order chi connectivity index (χ1) is 15.5. The molecule has 1 N–H and O–H groups in total. The third-order valence-electron chi connectivity index (χ3n) is 5.49. The summed E-state index contributed by atoms with van der Waals surface area (Å²) in [6.45, 7) is 3.77. The van der Waals surface area contributed by atoms with Gasteiger partial charge in [0.25, 0.3) is 11.8 Å². The lowest BCUT2D eigenvalue weighted by atomic mass is 10.0. The quantitative estimate of drug-likeness (QED) is 0.519. The molecule has 7 heteroatoms. The lowest BCUT2D eigenvalue weighted by molar-refractivity contribution is 0.0698. The van der Waals surface area contributed by atoms with Crippen molar-refractivity contribution in [3.05, 3.63) is 76.1 Å². The van der Waals surface area contributed by atoms with Gasteiger partial charge in [0.05, 0.1) is 11.5 Å². The molecule has 2 amide bonds. The normalized spacial score (nSPS) is 14.2. The molecule has 0 atom stereocenters. The Bertz CT molecular complexity index is 1070. The maximum atomic E-state index is 12.8. The van der Waals surface area contributed by atoms with E-state index in [-0.39, 0.29) is 17.9 Å². The number of amides is 2. The Morgan fingerprint density at radius 1 is 1.03 bits per heavy atom. The van der Waals surface area contributed by atoms with Gasteiger partial charge in [0.15, 0.2) is 0 Å². The number of carbonyl (C=O) groups is 2. The van der Waals surface area contributed by atoms with Crippen molar-refractivity contribution in [3.8, 4) is 16.2 Å². The van der Waals surface area contributed by atoms with E-state index < -0.39 is 0 Å². The predicted molar refractivity (Wildman–Crippen MR) is 129 cm³/mol. The summed E-state index contributed by atoms with van der Waals surface area (Å²) in [7, 11) is 0. The van der Waals surface area contributed by atoms with Gasteiger partial charge in [-0.3, -0.25) is 9.59 Å². The van der Waals surface area contributed by atoms with E-state index in [4.69, 9.17) is 16.3 Å². The molecule has 3 aromatic rings. The molecule has 32 heavy (non-hydrogen) atoms. The minimum Gasteiger partial charge on any atom is -0.494 e. The first kappa shape index (κ1) is 22.4. The fraction of sp³-hybridized carbons (Fsp3) is 0.280. The fourth-order valence-corrected chi connectivity index (χ4v) is 4.80. The lowest BCUT2D eigenvalue weighted by Gasteiger charge is -2.32. The van der Waals surface area contributed by atoms with Crippen LogP contribution in [0.25, 0.3) is 10.4 Å². The van der Waals surface area contributed by atoms with Crippen LogP contribution >= 0.6 is 22.9 Å². The van der Waals surface area contributed by atoms with Crippen LogP contribution < -0.4 is 10.1 Å². The predicted octanol–water partition coefficient (Wildman–Crippen LogP) is 5.50. The van der Waals surface area contributed by atoms with Gasteiger partial charge in [-0.2, -0.15) is 0 Å². The molecule has 1 fully saturated rings. The summed E-state index contributed by atoms with van der Waals surface area (Å²) in [5.74, 6) is 0.716. The molecule has 2 heterocycles. The van der Waals surface area contributed by atoms with Crippen LogP contribution in [0.1, 0.15) is 39.8 Å². The molecule has 1 aliphatic rings. The van der Waals surface area contributed by atoms with Gasteiger partial charge in [0.1, 0.15) is 5.75 Å². The van der Waals surface area contributed by atoms with Crippen molar-refractivity contribution in [1.29, 1.82) is 0 Å². The standard InChI is InChI=1S/C25H25ClN2O3S/c1-2-31-21-9-5-18(6-10-21)25(30)28-15-13-20(14-16-28)27-24(29)23-12-11-22(32-23)17-3-7-19(26)8-4-17/h3-12,20H,2,13-16H2,1H3,(H,27,29). The minimum absolute atomic E-state index is 0.0173. The monoisotopic (exact) mass is 468 g/mol. The summed E-state index contributed by atoms with van der Waals surface area (Å²) in [5, 5.41) is 3.82. The average Bonchev–Trinajstić information content (AvgIpc) is 3.31. The molecule has 0 unspecified atom stereocenters. The van der Waals surface area contributed by atoms with Gasteiger partial charge in [0, 0.05) is 34.6 Å². The van der Waals surface area contributed by atoms with Crippen LogP contribution in [0.3, 0.4) is 0 Å². The molecule has 166 valence electrons. The van der Waals surface area contributed by atoms with Gasteiger partial charge in [-0.15, -0.1) is 11.3 Å². The minimum atomic E-state index is -0.0634. The summed E-state index contributed by atoms with van der Waals surface area (Å²) >= 11 is 7.42. The molecule has 0 saturated carbocycles. The second kappa shape index (κ2) is 10.2. The van der Waals surface area contributed by atoms with Crippen LogP contribution in [0.15, 0.2) is 60.7 Å². The summed E-state index contributed by atoms with van der Waals surface area (Å²) in [5.41, 5.74) is 1.70. The maximum absolute atomic E-state index is 12.8. The highest BCUT2D eigenvalue weighted by Crippen LogP contribution is 2.29. The first-order valence-electron chi connectivity index (χ1n) is 10.7. The molecule has 1 saturated heterocycles. The molecule has 4 rings (SSSR count). The molecule has 0 radical (unpaired) electrons. The van der Waals surface area contributed by atoms with E-state index >= 15 is 0 Å². The van der Waals surface area contributed by atoms with Gasteiger partial charge < -0.3 is 15.0 Å². The van der Waals surface area contributed by atoms with E-state index in [2.05, 4.69) is 5.32 Å². The number of carbonyl (C=O) groups excluding carboxylic acids is 2. The van der Waals surface area contributed by atoms with E-state index in [1.165, 1.54) is 11.3 Å². The largest absolute Gasteiger partial charge is 0.494 e. The smallest absolute Gasteiger partial charge is 0.261 e. The number of thiophene rings is 1. The van der Waals surface area contributed by atoms with Crippen molar-refractivity contribution in [3.63, 3.8) is 0 Å². The summed E-state index contributed by atoms with van der Waals surface area (Å²) in [6.07, 6.45) is 1.48. The molecule has 0 bridgehead atoms. The molecular weight excluding hydrogens is 444 g/mol. The number of hydrogen-bond acceptors (Lipinski definition) is 4. The van der Waals surface area contributed by atoms with Crippen LogP contribution in [0.5, 0.6) is 5.75 Å². The second-order valence-corrected chi connectivity index (χ2v) is 9.19. The van der Waals surface area contributed by atoms with Crippen LogP contribution in [-0.2, 0) is 0 Å². The molecule has 1 aliphatic heterocycles. The number of nitrogens with one attached hydrogen (secondary N) is 1. The van der Waals surface area contributed by atoms with Gasteiger partial charge in [0.2, 0.25) is 0 Å². The first-order valence-corrected chi connectivity index (χ1v) is 11.9. The van der Waals surface area contributed by atoms with E-state index in [0.29, 0.717) is 35.2 Å². The summed E-state index contributed by atoms with van der Waals surface area (Å²) in [4.78, 5) is 29.1. The number of benzene rings is 2. The highest BCUT2D eigenvalue weighted by atomic mass is 35.5. The molecular formula is C25H25ClN2O3S. The number of nitrogens with zero attached hydrogens (tertiary/aromatic N) is 1. The molecule has 0 spiro atoms. The highest BCUT2D eigenvalue weighted by Gasteiger charge is 2.25. The Hall–Kier alpha value is -2.83. The van der Waals surface area contributed by atoms with E-state index in [1.807, 2.05) is 60.4 Å². The van der Waals surface area contributed by atoms with Crippen LogP contribution in [0.4, 0.5) is 0 Å². The third-order valence-corrected chi connectivity index (χ3v) is 6.87. The lowest BCUT2D eigenvalue weighted by Crippen LogP contribution is -2.46. The van der Waals surface area contributed by atoms with Crippen molar-refractivity contribution in [1.82, 2.24) is 10.2 Å². The fourth-order valence-electron chi connectivity index (χ4n) is 3.76. The Morgan fingerprint density at radius 2 is 1.72 bits per heavy atom. The summed E-state index contributed by atoms with van der Waals surface area (Å²) in [6, 6.07) is 18.7. The molecule has 1 aromatic heterocycles. The van der Waals surface area contributed by atoms with E-state index in [1.54, 1.807) is 12.1 Å². The Morgan fingerprint density at radius 3 is 2.38 bits per heavy atom. The number of ether oxygens (including phenoxy) is 1. The summed E-state index contributed by atoms with van der Waals surface area (Å²) < 4.78 is 5.44. The second-order valence-electron chi connectivity index (χ2n) is 7.67. The number of rotatable bonds is 6. The van der Waals surface area contributed by atoms with Gasteiger partial charge >= 0.3 is 0 Å². The van der Waals surface area contributed by atoms with E-state index in [0.717, 1.165) is 29.0 Å². The number of halogens is 1.